The molecule has 0 saturated heterocycles. The van der Waals surface area contributed by atoms with Crippen LogP contribution < -0.4 is 5.32 Å². The molecule has 18 heavy (non-hydrogen) atoms. The number of halogens is 2. The Balaban J connectivity index is 2.04. The minimum atomic E-state index is -0.539. The van der Waals surface area contributed by atoms with Crippen LogP contribution in [-0.2, 0) is 13.0 Å². The van der Waals surface area contributed by atoms with Crippen LogP contribution in [0.25, 0.3) is 0 Å². The Morgan fingerprint density at radius 1 is 1.22 bits per heavy atom. The first-order valence-electron chi connectivity index (χ1n) is 5.89. The number of rotatable bonds is 5. The molecular weight excluding hydrogens is 236 g/mol. The molecule has 1 aromatic heterocycles. The standard InChI is InChI=1S/C13H15F2N3/c1-2-16-13-17-4-6-18(13)5-3-10-7-11(14)9-12(15)8-10/h4,6-9H,2-3,5H2,1H3,(H,16,17). The number of aromatic nitrogens is 2. The number of hydrogen-bond donors (Lipinski definition) is 1. The summed E-state index contributed by atoms with van der Waals surface area (Å²) >= 11 is 0. The van der Waals surface area contributed by atoms with Crippen molar-refractivity contribution < 1.29 is 8.78 Å². The lowest BCUT2D eigenvalue weighted by Gasteiger charge is -2.08. The highest BCUT2D eigenvalue weighted by Gasteiger charge is 2.04. The third kappa shape index (κ3) is 3.06. The second kappa shape index (κ2) is 5.62. The van der Waals surface area contributed by atoms with Crippen LogP contribution in [0, 0.1) is 11.6 Å². The van der Waals surface area contributed by atoms with Crippen LogP contribution in [-0.4, -0.2) is 16.1 Å². The highest BCUT2D eigenvalue weighted by Crippen LogP contribution is 2.11. The number of nitrogens with zero attached hydrogens (tertiary/aromatic N) is 2. The predicted octanol–water partition coefficient (Wildman–Crippen LogP) is 2.84. The summed E-state index contributed by atoms with van der Waals surface area (Å²) in [6, 6.07) is 3.59. The molecule has 2 rings (SSSR count). The summed E-state index contributed by atoms with van der Waals surface area (Å²) in [5, 5.41) is 3.12. The van der Waals surface area contributed by atoms with Crippen LogP contribution in [0.15, 0.2) is 30.6 Å². The molecule has 3 nitrogen and oxygen atoms in total. The van der Waals surface area contributed by atoms with Gasteiger partial charge in [-0.15, -0.1) is 0 Å². The van der Waals surface area contributed by atoms with Gasteiger partial charge in [-0.2, -0.15) is 0 Å². The normalized spacial score (nSPS) is 10.6. The number of anilines is 1. The van der Waals surface area contributed by atoms with Crippen molar-refractivity contribution in [1.82, 2.24) is 9.55 Å². The van der Waals surface area contributed by atoms with Crippen molar-refractivity contribution >= 4 is 5.95 Å². The minimum absolute atomic E-state index is 0.539. The second-order valence-electron chi connectivity index (χ2n) is 4.00. The number of benzene rings is 1. The molecule has 1 aromatic carbocycles. The van der Waals surface area contributed by atoms with Gasteiger partial charge in [0.15, 0.2) is 0 Å². The number of nitrogens with one attached hydrogen (secondary N) is 1. The molecule has 0 spiro atoms. The van der Waals surface area contributed by atoms with Crippen molar-refractivity contribution in [2.45, 2.75) is 19.9 Å². The maximum Gasteiger partial charge on any atom is 0.202 e. The van der Waals surface area contributed by atoms with Gasteiger partial charge in [0.05, 0.1) is 0 Å². The van der Waals surface area contributed by atoms with E-state index in [4.69, 9.17) is 0 Å². The van der Waals surface area contributed by atoms with Gasteiger partial charge in [-0.05, 0) is 31.0 Å². The Labute approximate surface area is 104 Å². The lowest BCUT2D eigenvalue weighted by atomic mass is 10.1. The molecule has 0 saturated carbocycles. The highest BCUT2D eigenvalue weighted by molar-refractivity contribution is 5.26. The Hall–Kier alpha value is -1.91. The van der Waals surface area contributed by atoms with Crippen LogP contribution in [0.1, 0.15) is 12.5 Å². The van der Waals surface area contributed by atoms with E-state index in [9.17, 15) is 8.78 Å². The fourth-order valence-corrected chi connectivity index (χ4v) is 1.82. The average molecular weight is 251 g/mol. The van der Waals surface area contributed by atoms with Crippen molar-refractivity contribution in [3.05, 3.63) is 47.8 Å². The van der Waals surface area contributed by atoms with E-state index >= 15 is 0 Å². The Bertz CT molecular complexity index is 502. The van der Waals surface area contributed by atoms with Gasteiger partial charge in [0.1, 0.15) is 11.6 Å². The van der Waals surface area contributed by atoms with Gasteiger partial charge < -0.3 is 9.88 Å². The quantitative estimate of drug-likeness (QED) is 0.885. The van der Waals surface area contributed by atoms with Crippen LogP contribution in [0.2, 0.25) is 0 Å². The summed E-state index contributed by atoms with van der Waals surface area (Å²) in [5.41, 5.74) is 0.642. The largest absolute Gasteiger partial charge is 0.356 e. The van der Waals surface area contributed by atoms with Gasteiger partial charge in [0.2, 0.25) is 5.95 Å². The highest BCUT2D eigenvalue weighted by atomic mass is 19.1. The van der Waals surface area contributed by atoms with Crippen molar-refractivity contribution in [3.8, 4) is 0 Å². The summed E-state index contributed by atoms with van der Waals surface area (Å²) in [5.74, 6) is -0.306. The van der Waals surface area contributed by atoms with Crippen LogP contribution in [0.3, 0.4) is 0 Å². The van der Waals surface area contributed by atoms with Crippen molar-refractivity contribution in [2.24, 2.45) is 0 Å². The van der Waals surface area contributed by atoms with Crippen molar-refractivity contribution in [2.75, 3.05) is 11.9 Å². The number of aryl methyl sites for hydroxylation is 2. The van der Waals surface area contributed by atoms with Gasteiger partial charge in [-0.25, -0.2) is 13.8 Å². The van der Waals surface area contributed by atoms with E-state index in [-0.39, 0.29) is 0 Å². The van der Waals surface area contributed by atoms with Gasteiger partial charge in [-0.3, -0.25) is 0 Å². The molecule has 1 heterocycles. The molecule has 0 unspecified atom stereocenters. The monoisotopic (exact) mass is 251 g/mol. The molecule has 2 aromatic rings. The maximum absolute atomic E-state index is 13.0. The summed E-state index contributed by atoms with van der Waals surface area (Å²) in [6.07, 6.45) is 4.10. The Morgan fingerprint density at radius 3 is 2.61 bits per heavy atom. The molecule has 0 bridgehead atoms. The lowest BCUT2D eigenvalue weighted by molar-refractivity contribution is 0.576. The Morgan fingerprint density at radius 2 is 1.94 bits per heavy atom. The van der Waals surface area contributed by atoms with E-state index in [0.717, 1.165) is 18.6 Å². The van der Waals surface area contributed by atoms with E-state index in [2.05, 4.69) is 10.3 Å². The Kier molecular flexibility index (Phi) is 3.92. The second-order valence-corrected chi connectivity index (χ2v) is 4.00. The molecule has 0 atom stereocenters. The van der Waals surface area contributed by atoms with E-state index in [1.165, 1.54) is 12.1 Å². The van der Waals surface area contributed by atoms with Gasteiger partial charge in [0, 0.05) is 31.5 Å². The molecule has 1 N–H and O–H groups in total. The molecule has 0 aliphatic carbocycles. The third-order valence-corrected chi connectivity index (χ3v) is 2.61. The van der Waals surface area contributed by atoms with Crippen molar-refractivity contribution in [1.29, 1.82) is 0 Å². The first-order valence-corrected chi connectivity index (χ1v) is 5.89. The average Bonchev–Trinajstić information content (AvgIpc) is 2.73. The molecule has 0 radical (unpaired) electrons. The van der Waals surface area contributed by atoms with Gasteiger partial charge in [0.25, 0.3) is 0 Å². The topological polar surface area (TPSA) is 29.9 Å². The number of hydrogen-bond acceptors (Lipinski definition) is 2. The molecule has 96 valence electrons. The summed E-state index contributed by atoms with van der Waals surface area (Å²) in [7, 11) is 0. The SMILES string of the molecule is CCNc1nccn1CCc1cc(F)cc(F)c1. The zero-order valence-corrected chi connectivity index (χ0v) is 10.2. The molecule has 0 fully saturated rings. The fourth-order valence-electron chi connectivity index (χ4n) is 1.82. The van der Waals surface area contributed by atoms with Gasteiger partial charge >= 0.3 is 0 Å². The number of imidazole rings is 1. The fraction of sp³-hybridized carbons (Fsp3) is 0.308. The summed E-state index contributed by atoms with van der Waals surface area (Å²) in [6.45, 7) is 3.40. The minimum Gasteiger partial charge on any atom is -0.356 e. The maximum atomic E-state index is 13.0. The first-order chi connectivity index (χ1) is 8.69. The first kappa shape index (κ1) is 12.5. The molecule has 0 amide bonds. The molecular formula is C13H15F2N3. The molecule has 0 aliphatic heterocycles. The molecule has 5 heteroatoms. The summed E-state index contributed by atoms with van der Waals surface area (Å²) in [4.78, 5) is 4.16. The smallest absolute Gasteiger partial charge is 0.202 e. The van der Waals surface area contributed by atoms with Crippen LogP contribution in [0.4, 0.5) is 14.7 Å². The van der Waals surface area contributed by atoms with Gasteiger partial charge in [-0.1, -0.05) is 0 Å². The van der Waals surface area contributed by atoms with Crippen molar-refractivity contribution in [3.63, 3.8) is 0 Å². The van der Waals surface area contributed by atoms with E-state index in [0.29, 0.717) is 18.5 Å². The zero-order valence-electron chi connectivity index (χ0n) is 10.2. The molecule has 0 aliphatic rings. The zero-order chi connectivity index (χ0) is 13.0. The van der Waals surface area contributed by atoms with Crippen LogP contribution in [0.5, 0.6) is 0 Å². The van der Waals surface area contributed by atoms with E-state index in [1.54, 1.807) is 6.20 Å². The third-order valence-electron chi connectivity index (χ3n) is 2.61. The lowest BCUT2D eigenvalue weighted by Crippen LogP contribution is -2.08. The summed E-state index contributed by atoms with van der Waals surface area (Å²) < 4.78 is 28.0. The van der Waals surface area contributed by atoms with Crippen LogP contribution >= 0.6 is 0 Å². The predicted molar refractivity (Wildman–Crippen MR) is 66.5 cm³/mol. The van der Waals surface area contributed by atoms with E-state index in [1.807, 2.05) is 17.7 Å². The van der Waals surface area contributed by atoms with E-state index < -0.39 is 11.6 Å².